The molecule has 29 heavy (non-hydrogen) atoms. The van der Waals surface area contributed by atoms with E-state index in [1.807, 2.05) is 12.3 Å². The Labute approximate surface area is 171 Å². The summed E-state index contributed by atoms with van der Waals surface area (Å²) in [5.74, 6) is 2.62. The summed E-state index contributed by atoms with van der Waals surface area (Å²) in [5.41, 5.74) is 4.26. The molecule has 0 unspecified atom stereocenters. The predicted octanol–water partition coefficient (Wildman–Crippen LogP) is 2.88. The molecule has 0 bridgehead atoms. The summed E-state index contributed by atoms with van der Waals surface area (Å²) in [6, 6.07) is 9.05. The molecule has 3 heterocycles. The van der Waals surface area contributed by atoms with Crippen molar-refractivity contribution in [3.05, 3.63) is 41.9 Å². The Morgan fingerprint density at radius 2 is 1.97 bits per heavy atom. The summed E-state index contributed by atoms with van der Waals surface area (Å²) in [7, 11) is 3.91. The van der Waals surface area contributed by atoms with Crippen molar-refractivity contribution in [3.8, 4) is 5.75 Å². The van der Waals surface area contributed by atoms with Crippen LogP contribution in [-0.4, -0.2) is 66.2 Å². The molecular weight excluding hydrogens is 364 g/mol. The van der Waals surface area contributed by atoms with Crippen LogP contribution in [0.2, 0.25) is 0 Å². The van der Waals surface area contributed by atoms with Gasteiger partial charge < -0.3 is 24.8 Å². The minimum absolute atomic E-state index is 0.543. The van der Waals surface area contributed by atoms with E-state index >= 15 is 0 Å². The van der Waals surface area contributed by atoms with Gasteiger partial charge in [-0.05, 0) is 32.0 Å². The van der Waals surface area contributed by atoms with Gasteiger partial charge in [-0.15, -0.1) is 0 Å². The molecule has 7 nitrogen and oxygen atoms in total. The SMILES string of the molecule is COc1cc(N2CCN(C)CC2)ccc1Cc1nc(NC2CC2)c2[nH]ccc2n1. The van der Waals surface area contributed by atoms with Crippen LogP contribution in [0.3, 0.4) is 0 Å². The molecule has 152 valence electrons. The first-order chi connectivity index (χ1) is 14.2. The number of hydrogen-bond donors (Lipinski definition) is 2. The highest BCUT2D eigenvalue weighted by molar-refractivity contribution is 5.86. The summed E-state index contributed by atoms with van der Waals surface area (Å²) in [4.78, 5) is 17.6. The molecule has 2 N–H and O–H groups in total. The van der Waals surface area contributed by atoms with Crippen molar-refractivity contribution in [3.63, 3.8) is 0 Å². The number of aromatic nitrogens is 3. The zero-order chi connectivity index (χ0) is 19.8. The highest BCUT2D eigenvalue weighted by Gasteiger charge is 2.23. The number of H-pyrrole nitrogens is 1. The van der Waals surface area contributed by atoms with Crippen LogP contribution in [-0.2, 0) is 6.42 Å². The summed E-state index contributed by atoms with van der Waals surface area (Å²) in [6.45, 7) is 4.27. The number of rotatable bonds is 6. The molecule has 1 aromatic carbocycles. The molecular formula is C22H28N6O. The van der Waals surface area contributed by atoms with Gasteiger partial charge in [0.05, 0.1) is 12.6 Å². The van der Waals surface area contributed by atoms with Gasteiger partial charge in [0, 0.05) is 62.2 Å². The normalized spacial score (nSPS) is 17.7. The summed E-state index contributed by atoms with van der Waals surface area (Å²) < 4.78 is 5.73. The van der Waals surface area contributed by atoms with Gasteiger partial charge in [-0.25, -0.2) is 9.97 Å². The first-order valence-corrected chi connectivity index (χ1v) is 10.4. The zero-order valence-electron chi connectivity index (χ0n) is 17.1. The van der Waals surface area contributed by atoms with Crippen LogP contribution >= 0.6 is 0 Å². The number of methoxy groups -OCH3 is 1. The van der Waals surface area contributed by atoms with Gasteiger partial charge in [-0.1, -0.05) is 6.07 Å². The van der Waals surface area contributed by atoms with Gasteiger partial charge >= 0.3 is 0 Å². The van der Waals surface area contributed by atoms with Gasteiger partial charge in [0.1, 0.15) is 17.1 Å². The predicted molar refractivity (Wildman–Crippen MR) is 116 cm³/mol. The Balaban J connectivity index is 1.41. The van der Waals surface area contributed by atoms with Crippen LogP contribution in [0.15, 0.2) is 30.5 Å². The molecule has 3 aromatic rings. The highest BCUT2D eigenvalue weighted by Crippen LogP contribution is 2.30. The fourth-order valence-electron chi connectivity index (χ4n) is 3.91. The van der Waals surface area contributed by atoms with E-state index in [0.717, 1.165) is 60.2 Å². The number of aromatic amines is 1. The van der Waals surface area contributed by atoms with E-state index in [-0.39, 0.29) is 0 Å². The van der Waals surface area contributed by atoms with Gasteiger partial charge in [0.25, 0.3) is 0 Å². The lowest BCUT2D eigenvalue weighted by molar-refractivity contribution is 0.312. The lowest BCUT2D eigenvalue weighted by Gasteiger charge is -2.34. The zero-order valence-corrected chi connectivity index (χ0v) is 17.1. The fourth-order valence-corrected chi connectivity index (χ4v) is 3.91. The Morgan fingerprint density at radius 3 is 2.72 bits per heavy atom. The Bertz CT molecular complexity index is 1000. The lowest BCUT2D eigenvalue weighted by Crippen LogP contribution is -2.44. The second-order valence-corrected chi connectivity index (χ2v) is 8.11. The number of piperazine rings is 1. The molecule has 7 heteroatoms. The molecule has 0 spiro atoms. The Kier molecular flexibility index (Phi) is 4.75. The van der Waals surface area contributed by atoms with Crippen molar-refractivity contribution in [2.24, 2.45) is 0 Å². The number of benzene rings is 1. The van der Waals surface area contributed by atoms with Crippen LogP contribution in [0.4, 0.5) is 11.5 Å². The number of fused-ring (bicyclic) bond motifs is 1. The third-order valence-corrected chi connectivity index (χ3v) is 5.86. The van der Waals surface area contributed by atoms with Crippen LogP contribution in [0.1, 0.15) is 24.2 Å². The molecule has 2 aliphatic rings. The number of anilines is 2. The Morgan fingerprint density at radius 1 is 1.14 bits per heavy atom. The van der Waals surface area contributed by atoms with Crippen LogP contribution in [0, 0.1) is 0 Å². The third kappa shape index (κ3) is 3.87. The molecule has 1 aliphatic heterocycles. The van der Waals surface area contributed by atoms with Gasteiger partial charge in [-0.2, -0.15) is 0 Å². The Hall–Kier alpha value is -2.80. The van der Waals surface area contributed by atoms with E-state index in [0.29, 0.717) is 12.5 Å². The van der Waals surface area contributed by atoms with Crippen molar-refractivity contribution in [2.45, 2.75) is 25.3 Å². The van der Waals surface area contributed by atoms with Crippen LogP contribution in [0.5, 0.6) is 5.75 Å². The molecule has 2 fully saturated rings. The first kappa shape index (κ1) is 18.2. The minimum atomic E-state index is 0.543. The lowest BCUT2D eigenvalue weighted by atomic mass is 10.1. The van der Waals surface area contributed by atoms with E-state index in [1.54, 1.807) is 7.11 Å². The molecule has 0 amide bonds. The average molecular weight is 393 g/mol. The molecule has 2 aromatic heterocycles. The fraction of sp³-hybridized carbons (Fsp3) is 0.455. The molecule has 1 saturated heterocycles. The van der Waals surface area contributed by atoms with Crippen molar-refractivity contribution < 1.29 is 4.74 Å². The monoisotopic (exact) mass is 392 g/mol. The number of nitrogens with one attached hydrogen (secondary N) is 2. The highest BCUT2D eigenvalue weighted by atomic mass is 16.5. The van der Waals surface area contributed by atoms with E-state index in [2.05, 4.69) is 45.3 Å². The van der Waals surface area contributed by atoms with Crippen LogP contribution < -0.4 is 15.0 Å². The van der Waals surface area contributed by atoms with Crippen molar-refractivity contribution in [1.82, 2.24) is 19.9 Å². The van der Waals surface area contributed by atoms with Gasteiger partial charge in [-0.3, -0.25) is 0 Å². The van der Waals surface area contributed by atoms with E-state index in [1.165, 1.54) is 18.5 Å². The number of nitrogens with zero attached hydrogens (tertiary/aromatic N) is 4. The summed E-state index contributed by atoms with van der Waals surface area (Å²) >= 11 is 0. The second kappa shape index (κ2) is 7.55. The van der Waals surface area contributed by atoms with Gasteiger partial charge in [0.2, 0.25) is 0 Å². The summed E-state index contributed by atoms with van der Waals surface area (Å²) in [6.07, 6.45) is 4.99. The first-order valence-electron chi connectivity index (χ1n) is 10.4. The largest absolute Gasteiger partial charge is 0.496 e. The molecule has 1 saturated carbocycles. The van der Waals surface area contributed by atoms with E-state index < -0.39 is 0 Å². The molecule has 1 aliphatic carbocycles. The van der Waals surface area contributed by atoms with Crippen LogP contribution in [0.25, 0.3) is 11.0 Å². The van der Waals surface area contributed by atoms with Crippen molar-refractivity contribution in [1.29, 1.82) is 0 Å². The molecule has 0 radical (unpaired) electrons. The minimum Gasteiger partial charge on any atom is -0.496 e. The number of hydrogen-bond acceptors (Lipinski definition) is 6. The standard InChI is InChI=1S/C22H28N6O/c1-27-9-11-28(12-10-27)17-6-3-15(19(14-17)29-2)13-20-25-18-7-8-23-21(18)22(26-20)24-16-4-5-16/h3,6-8,14,16,23H,4-5,9-13H2,1-2H3,(H,24,25,26). The van der Waals surface area contributed by atoms with E-state index in [9.17, 15) is 0 Å². The maximum absolute atomic E-state index is 5.73. The number of ether oxygens (including phenoxy) is 1. The number of likely N-dealkylation sites (N-methyl/N-ethyl adjacent to an activating group) is 1. The maximum atomic E-state index is 5.73. The van der Waals surface area contributed by atoms with Gasteiger partial charge in [0.15, 0.2) is 5.82 Å². The smallest absolute Gasteiger partial charge is 0.154 e. The average Bonchev–Trinajstić information content (AvgIpc) is 3.42. The third-order valence-electron chi connectivity index (χ3n) is 5.86. The second-order valence-electron chi connectivity index (χ2n) is 8.11. The van der Waals surface area contributed by atoms with E-state index in [4.69, 9.17) is 14.7 Å². The van der Waals surface area contributed by atoms with Crippen molar-refractivity contribution in [2.75, 3.05) is 50.6 Å². The molecule has 5 rings (SSSR count). The molecule has 0 atom stereocenters. The van der Waals surface area contributed by atoms with Crippen molar-refractivity contribution >= 4 is 22.5 Å². The topological polar surface area (TPSA) is 69.3 Å². The summed E-state index contributed by atoms with van der Waals surface area (Å²) in [5, 5.41) is 3.53. The maximum Gasteiger partial charge on any atom is 0.154 e. The quantitative estimate of drug-likeness (QED) is 0.672.